The molecule has 1 unspecified atom stereocenters. The van der Waals surface area contributed by atoms with Crippen molar-refractivity contribution in [2.24, 2.45) is 0 Å². The van der Waals surface area contributed by atoms with Crippen molar-refractivity contribution in [2.45, 2.75) is 18.9 Å². The van der Waals surface area contributed by atoms with Gasteiger partial charge in [-0.2, -0.15) is 0 Å². The summed E-state index contributed by atoms with van der Waals surface area (Å²) in [4.78, 5) is 16.3. The van der Waals surface area contributed by atoms with E-state index in [0.717, 1.165) is 18.7 Å². The zero-order valence-corrected chi connectivity index (χ0v) is 10.6. The SMILES string of the molecule is CN(C)C(=O)C(c1ccccc1)N1CCCC1. The van der Waals surface area contributed by atoms with Gasteiger partial charge in [-0.1, -0.05) is 30.3 Å². The van der Waals surface area contributed by atoms with Gasteiger partial charge in [0, 0.05) is 14.1 Å². The van der Waals surface area contributed by atoms with Crippen LogP contribution in [0.1, 0.15) is 24.4 Å². The number of carbonyl (C=O) groups is 1. The molecule has 2 rings (SSSR count). The highest BCUT2D eigenvalue weighted by Crippen LogP contribution is 2.26. The molecule has 1 amide bonds. The van der Waals surface area contributed by atoms with Crippen LogP contribution in [0.2, 0.25) is 0 Å². The zero-order valence-electron chi connectivity index (χ0n) is 10.6. The number of benzene rings is 1. The standard InChI is InChI=1S/C14H20N2O/c1-15(2)14(17)13(16-10-6-7-11-16)12-8-4-3-5-9-12/h3-5,8-9,13H,6-7,10-11H2,1-2H3. The molecule has 17 heavy (non-hydrogen) atoms. The summed E-state index contributed by atoms with van der Waals surface area (Å²) in [5, 5.41) is 0. The minimum absolute atomic E-state index is 0.103. The first-order valence-corrected chi connectivity index (χ1v) is 6.20. The highest BCUT2D eigenvalue weighted by atomic mass is 16.2. The van der Waals surface area contributed by atoms with Crippen LogP contribution in [-0.4, -0.2) is 42.9 Å². The first-order chi connectivity index (χ1) is 8.20. The van der Waals surface area contributed by atoms with Crippen LogP contribution in [0, 0.1) is 0 Å². The van der Waals surface area contributed by atoms with Crippen molar-refractivity contribution in [3.63, 3.8) is 0 Å². The summed E-state index contributed by atoms with van der Waals surface area (Å²) in [5.74, 6) is 0.179. The van der Waals surface area contributed by atoms with E-state index in [-0.39, 0.29) is 11.9 Å². The van der Waals surface area contributed by atoms with E-state index in [0.29, 0.717) is 0 Å². The summed E-state index contributed by atoms with van der Waals surface area (Å²) in [7, 11) is 3.66. The molecule has 0 aromatic heterocycles. The van der Waals surface area contributed by atoms with E-state index in [4.69, 9.17) is 0 Å². The topological polar surface area (TPSA) is 23.6 Å². The molecule has 1 heterocycles. The maximum atomic E-state index is 12.3. The Hall–Kier alpha value is -1.35. The molecule has 3 heteroatoms. The van der Waals surface area contributed by atoms with Crippen molar-refractivity contribution in [1.29, 1.82) is 0 Å². The molecule has 1 fully saturated rings. The summed E-state index contributed by atoms with van der Waals surface area (Å²) in [6.07, 6.45) is 2.40. The number of likely N-dealkylation sites (N-methyl/N-ethyl adjacent to an activating group) is 1. The predicted molar refractivity (Wildman–Crippen MR) is 68.7 cm³/mol. The van der Waals surface area contributed by atoms with Gasteiger partial charge in [0.25, 0.3) is 0 Å². The van der Waals surface area contributed by atoms with Crippen LogP contribution in [0.5, 0.6) is 0 Å². The lowest BCUT2D eigenvalue weighted by Crippen LogP contribution is -2.38. The number of rotatable bonds is 3. The molecule has 1 aliphatic heterocycles. The predicted octanol–water partition coefficient (Wildman–Crippen LogP) is 1.91. The molecule has 0 saturated carbocycles. The van der Waals surface area contributed by atoms with Gasteiger partial charge in [-0.15, -0.1) is 0 Å². The summed E-state index contributed by atoms with van der Waals surface area (Å²) in [5.41, 5.74) is 1.10. The van der Waals surface area contributed by atoms with Gasteiger partial charge in [0.05, 0.1) is 0 Å². The number of carbonyl (C=O) groups excluding carboxylic acids is 1. The molecule has 0 spiro atoms. The Morgan fingerprint density at radius 3 is 2.29 bits per heavy atom. The van der Waals surface area contributed by atoms with E-state index in [1.807, 2.05) is 44.4 Å². The molecule has 1 atom stereocenters. The molecular weight excluding hydrogens is 212 g/mol. The Bertz CT molecular complexity index is 369. The number of nitrogens with zero attached hydrogens (tertiary/aromatic N) is 2. The maximum Gasteiger partial charge on any atom is 0.244 e. The van der Waals surface area contributed by atoms with Crippen LogP contribution >= 0.6 is 0 Å². The molecule has 0 aliphatic carbocycles. The van der Waals surface area contributed by atoms with E-state index >= 15 is 0 Å². The highest BCUT2D eigenvalue weighted by Gasteiger charge is 2.30. The van der Waals surface area contributed by atoms with Gasteiger partial charge in [0.15, 0.2) is 0 Å². The van der Waals surface area contributed by atoms with Gasteiger partial charge in [-0.25, -0.2) is 0 Å². The van der Waals surface area contributed by atoms with E-state index < -0.39 is 0 Å². The Morgan fingerprint density at radius 1 is 1.18 bits per heavy atom. The lowest BCUT2D eigenvalue weighted by Gasteiger charge is -2.29. The molecule has 3 nitrogen and oxygen atoms in total. The average molecular weight is 232 g/mol. The second-order valence-electron chi connectivity index (χ2n) is 4.79. The van der Waals surface area contributed by atoms with Gasteiger partial charge in [0.2, 0.25) is 5.91 Å². The van der Waals surface area contributed by atoms with E-state index in [2.05, 4.69) is 4.90 Å². The molecule has 1 aromatic carbocycles. The van der Waals surface area contributed by atoms with Gasteiger partial charge in [-0.3, -0.25) is 9.69 Å². The number of likely N-dealkylation sites (tertiary alicyclic amines) is 1. The normalized spacial score (nSPS) is 18.0. The number of hydrogen-bond acceptors (Lipinski definition) is 2. The fourth-order valence-electron chi connectivity index (χ4n) is 2.39. The maximum absolute atomic E-state index is 12.3. The first-order valence-electron chi connectivity index (χ1n) is 6.20. The summed E-state index contributed by atoms with van der Waals surface area (Å²) in [6.45, 7) is 2.05. The lowest BCUT2D eigenvalue weighted by atomic mass is 10.0. The molecule has 1 aromatic rings. The monoisotopic (exact) mass is 232 g/mol. The van der Waals surface area contributed by atoms with Gasteiger partial charge in [0.1, 0.15) is 6.04 Å². The minimum atomic E-state index is -0.103. The molecular formula is C14H20N2O. The van der Waals surface area contributed by atoms with Crippen LogP contribution < -0.4 is 0 Å². The Morgan fingerprint density at radius 2 is 1.76 bits per heavy atom. The van der Waals surface area contributed by atoms with Crippen molar-refractivity contribution in [3.8, 4) is 0 Å². The Balaban J connectivity index is 2.27. The van der Waals surface area contributed by atoms with Crippen molar-refractivity contribution in [3.05, 3.63) is 35.9 Å². The van der Waals surface area contributed by atoms with Crippen LogP contribution in [0.15, 0.2) is 30.3 Å². The fraction of sp³-hybridized carbons (Fsp3) is 0.500. The second kappa shape index (κ2) is 5.32. The van der Waals surface area contributed by atoms with Crippen LogP contribution in [0.4, 0.5) is 0 Å². The van der Waals surface area contributed by atoms with Crippen molar-refractivity contribution < 1.29 is 4.79 Å². The largest absolute Gasteiger partial charge is 0.347 e. The lowest BCUT2D eigenvalue weighted by molar-refractivity contribution is -0.134. The quantitative estimate of drug-likeness (QED) is 0.795. The second-order valence-corrected chi connectivity index (χ2v) is 4.79. The smallest absolute Gasteiger partial charge is 0.244 e. The summed E-state index contributed by atoms with van der Waals surface area (Å²) in [6, 6.07) is 9.98. The fourth-order valence-corrected chi connectivity index (χ4v) is 2.39. The van der Waals surface area contributed by atoms with Crippen molar-refractivity contribution in [1.82, 2.24) is 9.80 Å². The molecule has 0 radical (unpaired) electrons. The number of hydrogen-bond donors (Lipinski definition) is 0. The highest BCUT2D eigenvalue weighted by molar-refractivity contribution is 5.82. The van der Waals surface area contributed by atoms with Crippen molar-refractivity contribution in [2.75, 3.05) is 27.2 Å². The van der Waals surface area contributed by atoms with Gasteiger partial charge in [-0.05, 0) is 31.5 Å². The van der Waals surface area contributed by atoms with Crippen LogP contribution in [0.25, 0.3) is 0 Å². The molecule has 92 valence electrons. The van der Waals surface area contributed by atoms with Crippen LogP contribution in [-0.2, 0) is 4.79 Å². The third-order valence-electron chi connectivity index (χ3n) is 3.30. The van der Waals surface area contributed by atoms with E-state index in [1.54, 1.807) is 4.90 Å². The van der Waals surface area contributed by atoms with Crippen LogP contribution in [0.3, 0.4) is 0 Å². The molecule has 1 aliphatic rings. The van der Waals surface area contributed by atoms with E-state index in [1.165, 1.54) is 12.8 Å². The molecule has 0 N–H and O–H groups in total. The van der Waals surface area contributed by atoms with Crippen molar-refractivity contribution >= 4 is 5.91 Å². The Kier molecular flexibility index (Phi) is 3.79. The summed E-state index contributed by atoms with van der Waals surface area (Å²) < 4.78 is 0. The zero-order chi connectivity index (χ0) is 12.3. The van der Waals surface area contributed by atoms with Gasteiger partial charge >= 0.3 is 0 Å². The summed E-state index contributed by atoms with van der Waals surface area (Å²) >= 11 is 0. The average Bonchev–Trinajstić information content (AvgIpc) is 2.84. The molecule has 1 saturated heterocycles. The first kappa shape index (κ1) is 12.1. The minimum Gasteiger partial charge on any atom is -0.347 e. The third kappa shape index (κ3) is 2.67. The Labute approximate surface area is 103 Å². The molecule has 0 bridgehead atoms. The van der Waals surface area contributed by atoms with Gasteiger partial charge < -0.3 is 4.90 Å². The van der Waals surface area contributed by atoms with E-state index in [9.17, 15) is 4.79 Å². The number of amides is 1. The third-order valence-corrected chi connectivity index (χ3v) is 3.30.